The van der Waals surface area contributed by atoms with Gasteiger partial charge in [0, 0.05) is 12.0 Å². The van der Waals surface area contributed by atoms with Crippen LogP contribution in [0.2, 0.25) is 0 Å². The molecule has 1 amide bonds. The fraction of sp³-hybridized carbons (Fsp3) is 0.667. The van der Waals surface area contributed by atoms with Crippen molar-refractivity contribution in [3.63, 3.8) is 0 Å². The number of nitrogens with one attached hydrogen (secondary N) is 1. The largest absolute Gasteiger partial charge is 0.290 e. The van der Waals surface area contributed by atoms with Gasteiger partial charge < -0.3 is 0 Å². The Morgan fingerprint density at radius 1 is 1.44 bits per heavy atom. The summed E-state index contributed by atoms with van der Waals surface area (Å²) < 4.78 is 29.7. The van der Waals surface area contributed by atoms with Crippen molar-refractivity contribution in [1.82, 2.24) is 5.43 Å². The average Bonchev–Trinajstić information content (AvgIpc) is 1.99. The van der Waals surface area contributed by atoms with Crippen LogP contribution in [0.3, 0.4) is 0 Å². The third-order valence-electron chi connectivity index (χ3n) is 1.91. The Morgan fingerprint density at radius 2 is 1.94 bits per heavy atom. The van der Waals surface area contributed by atoms with Crippen LogP contribution in [-0.2, 0) is 14.9 Å². The first-order valence-electron chi connectivity index (χ1n) is 4.80. The Morgan fingerprint density at radius 3 is 2.31 bits per heavy atom. The molecule has 0 aliphatic heterocycles. The van der Waals surface area contributed by atoms with Crippen LogP contribution in [-0.4, -0.2) is 49.9 Å². The first kappa shape index (κ1) is 15.1. The highest BCUT2D eigenvalue weighted by atomic mass is 32.2. The van der Waals surface area contributed by atoms with E-state index in [0.717, 1.165) is 0 Å². The first-order chi connectivity index (χ1) is 7.03. The van der Waals surface area contributed by atoms with E-state index in [0.29, 0.717) is 12.1 Å². The third kappa shape index (κ3) is 7.38. The SMILES string of the molecule is C=C(C)C(=O)N[N+](C)(C)CCCS(=O)(=O)O. The molecule has 0 radical (unpaired) electrons. The molecule has 7 heteroatoms. The summed E-state index contributed by atoms with van der Waals surface area (Å²) in [7, 11) is -0.478. The van der Waals surface area contributed by atoms with Crippen LogP contribution >= 0.6 is 0 Å². The highest BCUT2D eigenvalue weighted by Crippen LogP contribution is 1.99. The number of hydrogen-bond acceptors (Lipinski definition) is 3. The zero-order valence-electron chi connectivity index (χ0n) is 9.86. The molecule has 0 bridgehead atoms. The molecule has 6 nitrogen and oxygen atoms in total. The molecule has 0 aromatic rings. The number of carbonyl (C=O) groups is 1. The van der Waals surface area contributed by atoms with Crippen molar-refractivity contribution in [3.8, 4) is 0 Å². The molecule has 0 aromatic heterocycles. The van der Waals surface area contributed by atoms with Gasteiger partial charge in [0.05, 0.1) is 19.8 Å². The van der Waals surface area contributed by atoms with Crippen LogP contribution in [0.5, 0.6) is 0 Å². The van der Waals surface area contributed by atoms with Crippen molar-refractivity contribution in [2.75, 3.05) is 26.4 Å². The highest BCUT2D eigenvalue weighted by Gasteiger charge is 2.20. The van der Waals surface area contributed by atoms with E-state index in [1.165, 1.54) is 0 Å². The van der Waals surface area contributed by atoms with Gasteiger partial charge in [-0.3, -0.25) is 9.35 Å². The minimum Gasteiger partial charge on any atom is -0.286 e. The first-order valence-corrected chi connectivity index (χ1v) is 6.41. The molecule has 0 spiro atoms. The second-order valence-electron chi connectivity index (χ2n) is 4.27. The van der Waals surface area contributed by atoms with E-state index in [1.807, 2.05) is 0 Å². The van der Waals surface area contributed by atoms with Gasteiger partial charge in [-0.15, -0.1) is 0 Å². The molecule has 0 atom stereocenters. The van der Waals surface area contributed by atoms with E-state index < -0.39 is 10.1 Å². The Labute approximate surface area is 96.2 Å². The fourth-order valence-electron chi connectivity index (χ4n) is 1.07. The standard InChI is InChI=1S/C9H18N2O4S/c1-8(2)9(12)10-11(3,4)6-5-7-16(13,14)15/h1,5-7H2,2-4H3,(H-,10,12,13,14,15)/p+1. The van der Waals surface area contributed by atoms with E-state index in [1.54, 1.807) is 21.0 Å². The molecule has 0 heterocycles. The summed E-state index contributed by atoms with van der Waals surface area (Å²) in [5.74, 6) is -0.589. The van der Waals surface area contributed by atoms with E-state index >= 15 is 0 Å². The van der Waals surface area contributed by atoms with Gasteiger partial charge in [-0.25, -0.2) is 4.59 Å². The Hall–Kier alpha value is -0.920. The van der Waals surface area contributed by atoms with Gasteiger partial charge >= 0.3 is 0 Å². The molecule has 16 heavy (non-hydrogen) atoms. The number of rotatable bonds is 6. The van der Waals surface area contributed by atoms with Gasteiger partial charge in [-0.2, -0.15) is 13.8 Å². The maximum absolute atomic E-state index is 11.3. The van der Waals surface area contributed by atoms with E-state index in [4.69, 9.17) is 4.55 Å². The number of quaternary nitrogens is 1. The lowest BCUT2D eigenvalue weighted by atomic mass is 10.3. The Bertz CT molecular complexity index is 373. The van der Waals surface area contributed by atoms with E-state index in [9.17, 15) is 13.2 Å². The maximum Gasteiger partial charge on any atom is 0.290 e. The maximum atomic E-state index is 11.3. The van der Waals surface area contributed by atoms with Crippen LogP contribution < -0.4 is 5.43 Å². The van der Waals surface area contributed by atoms with Crippen molar-refractivity contribution in [2.45, 2.75) is 13.3 Å². The predicted octanol–water partition coefficient (Wildman–Crippen LogP) is -0.0520. The molecule has 2 N–H and O–H groups in total. The number of amides is 1. The van der Waals surface area contributed by atoms with Crippen molar-refractivity contribution in [3.05, 3.63) is 12.2 Å². The molecule has 0 fully saturated rings. The van der Waals surface area contributed by atoms with Gasteiger partial charge in [-0.05, 0) is 6.92 Å². The van der Waals surface area contributed by atoms with Crippen LogP contribution in [0.25, 0.3) is 0 Å². The van der Waals surface area contributed by atoms with Gasteiger partial charge in [0.25, 0.3) is 16.0 Å². The van der Waals surface area contributed by atoms with Gasteiger partial charge in [-0.1, -0.05) is 6.58 Å². The zero-order valence-corrected chi connectivity index (χ0v) is 10.7. The minimum atomic E-state index is -3.93. The van der Waals surface area contributed by atoms with Gasteiger partial charge in [0.15, 0.2) is 0 Å². The van der Waals surface area contributed by atoms with Crippen LogP contribution in [0.4, 0.5) is 0 Å². The normalized spacial score (nSPS) is 12.2. The summed E-state index contributed by atoms with van der Waals surface area (Å²) in [6.07, 6.45) is 0.266. The fourth-order valence-corrected chi connectivity index (χ4v) is 1.56. The quantitative estimate of drug-likeness (QED) is 0.300. The summed E-state index contributed by atoms with van der Waals surface area (Å²) in [4.78, 5) is 11.3. The monoisotopic (exact) mass is 251 g/mol. The summed E-state index contributed by atoms with van der Waals surface area (Å²) in [5.41, 5.74) is 3.05. The molecule has 0 rings (SSSR count). The minimum absolute atomic E-state index is 0.140. The molecule has 0 saturated heterocycles. The zero-order chi connectivity index (χ0) is 13.0. The van der Waals surface area contributed by atoms with Crippen LogP contribution in [0, 0.1) is 0 Å². The summed E-state index contributed by atoms with van der Waals surface area (Å²) in [6.45, 7) is 5.49. The summed E-state index contributed by atoms with van der Waals surface area (Å²) in [6, 6.07) is 0. The van der Waals surface area contributed by atoms with Gasteiger partial charge in [0.2, 0.25) is 0 Å². The number of hydrogen-bond donors (Lipinski definition) is 2. The molecular weight excluding hydrogens is 232 g/mol. The molecule has 0 saturated carbocycles. The van der Waals surface area contributed by atoms with E-state index in [-0.39, 0.29) is 22.7 Å². The summed E-state index contributed by atoms with van der Waals surface area (Å²) in [5, 5.41) is 0. The summed E-state index contributed by atoms with van der Waals surface area (Å²) >= 11 is 0. The van der Waals surface area contributed by atoms with Crippen molar-refractivity contribution in [1.29, 1.82) is 0 Å². The Kier molecular flexibility index (Phi) is 5.11. The highest BCUT2D eigenvalue weighted by molar-refractivity contribution is 7.85. The molecule has 94 valence electrons. The van der Waals surface area contributed by atoms with E-state index in [2.05, 4.69) is 12.0 Å². The number of carbonyl (C=O) groups excluding carboxylic acids is 1. The van der Waals surface area contributed by atoms with Crippen molar-refractivity contribution >= 4 is 16.0 Å². The van der Waals surface area contributed by atoms with Gasteiger partial charge in [0.1, 0.15) is 6.54 Å². The van der Waals surface area contributed by atoms with Crippen molar-refractivity contribution in [2.24, 2.45) is 0 Å². The number of nitrogens with zero attached hydrogens (tertiary/aromatic N) is 1. The third-order valence-corrected chi connectivity index (χ3v) is 2.72. The smallest absolute Gasteiger partial charge is 0.286 e. The molecule has 0 unspecified atom stereocenters. The lowest BCUT2D eigenvalue weighted by Gasteiger charge is -2.28. The second-order valence-corrected chi connectivity index (χ2v) is 5.84. The Balaban J connectivity index is 4.16. The van der Waals surface area contributed by atoms with Crippen LogP contribution in [0.15, 0.2) is 12.2 Å². The predicted molar refractivity (Wildman–Crippen MR) is 61.0 cm³/mol. The molecule has 0 aliphatic carbocycles. The molecule has 0 aromatic carbocycles. The topological polar surface area (TPSA) is 83.5 Å². The van der Waals surface area contributed by atoms with Crippen molar-refractivity contribution < 1.29 is 22.4 Å². The lowest BCUT2D eigenvalue weighted by molar-refractivity contribution is -0.924. The molecular formula is C9H19N2O4S+. The lowest BCUT2D eigenvalue weighted by Crippen LogP contribution is -2.55. The molecule has 0 aliphatic rings. The average molecular weight is 251 g/mol. The van der Waals surface area contributed by atoms with Crippen LogP contribution in [0.1, 0.15) is 13.3 Å². The second kappa shape index (κ2) is 5.42.